The lowest BCUT2D eigenvalue weighted by Crippen LogP contribution is -2.60. The maximum Gasteiger partial charge on any atom is 0.195 e. The quantitative estimate of drug-likeness (QED) is 0.247. The molecule has 1 unspecified atom stereocenters. The molecule has 3 nitrogen and oxygen atoms in total. The fourth-order valence-corrected chi connectivity index (χ4v) is 9.90. The van der Waals surface area contributed by atoms with Crippen LogP contribution in [0.2, 0.25) is 18.1 Å². The lowest BCUT2D eigenvalue weighted by molar-refractivity contribution is -0.190. The van der Waals surface area contributed by atoms with Crippen molar-refractivity contribution >= 4 is 8.32 Å². The molecule has 4 heteroatoms. The predicted octanol–water partition coefficient (Wildman–Crippen LogP) is 7.86. The van der Waals surface area contributed by atoms with Gasteiger partial charge < -0.3 is 14.6 Å². The Hall–Kier alpha value is -0.943. The zero-order valence-corrected chi connectivity index (χ0v) is 25.1. The monoisotopic (exact) mass is 510 g/mol. The first kappa shape index (κ1) is 26.7. The summed E-state index contributed by atoms with van der Waals surface area (Å²) < 4.78 is 6.71. The van der Waals surface area contributed by atoms with Gasteiger partial charge in [-0.3, -0.25) is 0 Å². The van der Waals surface area contributed by atoms with Crippen LogP contribution in [0.3, 0.4) is 0 Å². The third kappa shape index (κ3) is 4.01. The van der Waals surface area contributed by atoms with Gasteiger partial charge in [0.05, 0.1) is 0 Å². The molecule has 3 fully saturated rings. The standard InChI is InChI=1S/C32H50O3Si/c1-22-11-13-23(14-12-22)32(34)21-24-20-31(33,35-36(7,8)28(2,3)4)19-18-30(24,6)26-15-17-29(5)16-9-10-25(29)27(26)32/h11-14,21,25-27,33-34H,9-10,15-20H2,1-8H3/t25-,26-,27-,29-,30-,31+,32?/m0/s1. The van der Waals surface area contributed by atoms with Crippen LogP contribution in [0, 0.1) is 35.5 Å². The summed E-state index contributed by atoms with van der Waals surface area (Å²) in [5, 5.41) is 24.7. The molecular weight excluding hydrogens is 460 g/mol. The summed E-state index contributed by atoms with van der Waals surface area (Å²) in [7, 11) is -2.15. The molecule has 0 bridgehead atoms. The zero-order valence-electron chi connectivity index (χ0n) is 24.1. The van der Waals surface area contributed by atoms with Gasteiger partial charge in [-0.15, -0.1) is 0 Å². The van der Waals surface area contributed by atoms with Crippen LogP contribution in [-0.4, -0.2) is 24.3 Å². The van der Waals surface area contributed by atoms with Crippen molar-refractivity contribution in [3.63, 3.8) is 0 Å². The average molecular weight is 511 g/mol. The minimum atomic E-state index is -2.15. The van der Waals surface area contributed by atoms with Gasteiger partial charge in [0.2, 0.25) is 0 Å². The Morgan fingerprint density at radius 3 is 2.22 bits per heavy atom. The first-order valence-electron chi connectivity index (χ1n) is 14.5. The molecule has 0 spiro atoms. The van der Waals surface area contributed by atoms with Crippen molar-refractivity contribution in [1.82, 2.24) is 0 Å². The molecule has 0 aromatic heterocycles. The number of benzene rings is 1. The predicted molar refractivity (Wildman–Crippen MR) is 150 cm³/mol. The topological polar surface area (TPSA) is 49.7 Å². The van der Waals surface area contributed by atoms with Crippen molar-refractivity contribution in [2.75, 3.05) is 0 Å². The van der Waals surface area contributed by atoms with E-state index >= 15 is 0 Å². The van der Waals surface area contributed by atoms with Crippen LogP contribution in [0.15, 0.2) is 35.9 Å². The number of hydrogen-bond acceptors (Lipinski definition) is 3. The molecule has 4 aliphatic rings. The van der Waals surface area contributed by atoms with E-state index in [4.69, 9.17) is 4.43 Å². The van der Waals surface area contributed by atoms with Crippen molar-refractivity contribution in [3.05, 3.63) is 47.0 Å². The van der Waals surface area contributed by atoms with E-state index in [-0.39, 0.29) is 16.4 Å². The molecular formula is C32H50O3Si. The van der Waals surface area contributed by atoms with Crippen molar-refractivity contribution in [3.8, 4) is 0 Å². The Morgan fingerprint density at radius 1 is 0.917 bits per heavy atom. The summed E-state index contributed by atoms with van der Waals surface area (Å²) in [4.78, 5) is 0. The lowest BCUT2D eigenvalue weighted by Gasteiger charge is -2.62. The minimum absolute atomic E-state index is 0.00847. The van der Waals surface area contributed by atoms with Crippen LogP contribution in [0.4, 0.5) is 0 Å². The van der Waals surface area contributed by atoms with E-state index in [9.17, 15) is 10.2 Å². The van der Waals surface area contributed by atoms with Gasteiger partial charge in [0.1, 0.15) is 5.60 Å². The number of rotatable bonds is 3. The van der Waals surface area contributed by atoms with E-state index < -0.39 is 19.7 Å². The van der Waals surface area contributed by atoms with Gasteiger partial charge in [-0.25, -0.2) is 0 Å². The molecule has 200 valence electrons. The zero-order chi connectivity index (χ0) is 26.4. The van der Waals surface area contributed by atoms with Crippen LogP contribution in [0.5, 0.6) is 0 Å². The molecule has 7 atom stereocenters. The van der Waals surface area contributed by atoms with Crippen LogP contribution in [0.25, 0.3) is 0 Å². The summed E-state index contributed by atoms with van der Waals surface area (Å²) in [6.07, 6.45) is 10.6. The molecule has 2 N–H and O–H groups in total. The molecule has 1 aromatic carbocycles. The Morgan fingerprint density at radius 2 is 1.58 bits per heavy atom. The van der Waals surface area contributed by atoms with Crippen LogP contribution < -0.4 is 0 Å². The molecule has 36 heavy (non-hydrogen) atoms. The van der Waals surface area contributed by atoms with Crippen LogP contribution in [-0.2, 0) is 10.0 Å². The third-order valence-corrected chi connectivity index (χ3v) is 16.3. The largest absolute Gasteiger partial charge is 0.390 e. The number of aryl methyl sites for hydroxylation is 1. The number of hydrogen-bond donors (Lipinski definition) is 2. The van der Waals surface area contributed by atoms with Gasteiger partial charge in [0.15, 0.2) is 14.1 Å². The highest BCUT2D eigenvalue weighted by Gasteiger charge is 2.64. The van der Waals surface area contributed by atoms with Crippen molar-refractivity contribution < 1.29 is 14.6 Å². The fraction of sp³-hybridized carbons (Fsp3) is 0.750. The van der Waals surface area contributed by atoms with Crippen LogP contribution in [0.1, 0.15) is 97.1 Å². The Kier molecular flexibility index (Phi) is 6.13. The first-order valence-corrected chi connectivity index (χ1v) is 17.4. The lowest BCUT2D eigenvalue weighted by atomic mass is 9.44. The van der Waals surface area contributed by atoms with E-state index in [1.807, 2.05) is 0 Å². The second-order valence-electron chi connectivity index (χ2n) is 15.1. The highest BCUT2D eigenvalue weighted by Crippen LogP contribution is 2.69. The van der Waals surface area contributed by atoms with Gasteiger partial charge in [-0.05, 0) is 91.5 Å². The van der Waals surface area contributed by atoms with Crippen molar-refractivity contribution in [2.24, 2.45) is 28.6 Å². The molecule has 0 heterocycles. The molecule has 5 rings (SSSR count). The minimum Gasteiger partial charge on any atom is -0.390 e. The van der Waals surface area contributed by atoms with Gasteiger partial charge in [-0.2, -0.15) is 0 Å². The number of aliphatic hydroxyl groups is 2. The number of fused-ring (bicyclic) bond motifs is 5. The maximum atomic E-state index is 12.8. The van der Waals surface area contributed by atoms with Gasteiger partial charge in [0.25, 0.3) is 0 Å². The van der Waals surface area contributed by atoms with E-state index in [0.717, 1.165) is 12.0 Å². The maximum absolute atomic E-state index is 12.8. The van der Waals surface area contributed by atoms with E-state index in [2.05, 4.69) is 85.0 Å². The highest BCUT2D eigenvalue weighted by molar-refractivity contribution is 6.74. The SMILES string of the molecule is Cc1ccc(C2(O)C=C3C[C@](O)(O[Si](C)(C)C(C)(C)C)CC[C@]3(C)[C@H]3CC[C@]4(C)CCC[C@H]4[C@@H]32)cc1. The molecule has 0 radical (unpaired) electrons. The normalized spacial score (nSPS) is 42.8. The summed E-state index contributed by atoms with van der Waals surface area (Å²) >= 11 is 0. The summed E-state index contributed by atoms with van der Waals surface area (Å²) in [5.41, 5.74) is 2.81. The van der Waals surface area contributed by atoms with E-state index in [1.165, 1.54) is 43.2 Å². The third-order valence-electron chi connectivity index (χ3n) is 11.8. The summed E-state index contributed by atoms with van der Waals surface area (Å²) in [6.45, 7) is 18.2. The summed E-state index contributed by atoms with van der Waals surface area (Å²) in [5.74, 6) is 0.0490. The Balaban J connectivity index is 1.61. The van der Waals surface area contributed by atoms with Gasteiger partial charge >= 0.3 is 0 Å². The Labute approximate surface area is 220 Å². The van der Waals surface area contributed by atoms with E-state index in [1.54, 1.807) is 0 Å². The van der Waals surface area contributed by atoms with E-state index in [0.29, 0.717) is 30.1 Å². The summed E-state index contributed by atoms with van der Waals surface area (Å²) in [6, 6.07) is 8.58. The second-order valence-corrected chi connectivity index (χ2v) is 19.8. The fourth-order valence-electron chi connectivity index (χ4n) is 8.47. The van der Waals surface area contributed by atoms with Gasteiger partial charge in [-0.1, -0.05) is 76.4 Å². The van der Waals surface area contributed by atoms with Gasteiger partial charge in [0, 0.05) is 18.8 Å². The van der Waals surface area contributed by atoms with Crippen LogP contribution >= 0.6 is 0 Å². The molecule has 0 saturated heterocycles. The molecule has 0 aliphatic heterocycles. The second kappa shape index (κ2) is 8.28. The smallest absolute Gasteiger partial charge is 0.195 e. The average Bonchev–Trinajstić information content (AvgIpc) is 3.16. The van der Waals surface area contributed by atoms with Crippen molar-refractivity contribution in [1.29, 1.82) is 0 Å². The molecule has 0 amide bonds. The van der Waals surface area contributed by atoms with Crippen molar-refractivity contribution in [2.45, 2.75) is 122 Å². The molecule has 3 saturated carbocycles. The molecule has 4 aliphatic carbocycles. The first-order chi connectivity index (χ1) is 16.5. The Bertz CT molecular complexity index is 1040. The highest BCUT2D eigenvalue weighted by atomic mass is 28.4. The molecule has 1 aromatic rings.